The van der Waals surface area contributed by atoms with Crippen LogP contribution >= 0.6 is 23.2 Å². The maximum atomic E-state index is 6.11. The van der Waals surface area contributed by atoms with Crippen molar-refractivity contribution in [2.75, 3.05) is 0 Å². The van der Waals surface area contributed by atoms with Crippen LogP contribution in [0.5, 0.6) is 0 Å². The van der Waals surface area contributed by atoms with Crippen LogP contribution in [0.1, 0.15) is 5.56 Å². The first-order chi connectivity index (χ1) is 10.6. The van der Waals surface area contributed by atoms with Gasteiger partial charge in [-0.05, 0) is 36.8 Å². The number of nitrogens with zero attached hydrogens (tertiary/aromatic N) is 4. The lowest BCUT2D eigenvalue weighted by Crippen LogP contribution is -2.01. The third kappa shape index (κ3) is 2.03. The van der Waals surface area contributed by atoms with E-state index in [4.69, 9.17) is 23.2 Å². The summed E-state index contributed by atoms with van der Waals surface area (Å²) in [4.78, 5) is 4.67. The normalized spacial score (nSPS) is 11.4. The summed E-state index contributed by atoms with van der Waals surface area (Å²) in [6.07, 6.45) is 0. The minimum atomic E-state index is 0.462. The Kier molecular flexibility index (Phi) is 3.03. The number of para-hydroxylation sites is 1. The molecule has 0 fully saturated rings. The molecule has 6 heteroatoms. The Morgan fingerprint density at radius 2 is 1.73 bits per heavy atom. The van der Waals surface area contributed by atoms with Crippen molar-refractivity contribution in [1.29, 1.82) is 0 Å². The van der Waals surface area contributed by atoms with Crippen molar-refractivity contribution in [3.8, 4) is 5.82 Å². The first-order valence-corrected chi connectivity index (χ1v) is 7.46. The molecule has 2 aromatic carbocycles. The zero-order valence-corrected chi connectivity index (χ0v) is 13.1. The van der Waals surface area contributed by atoms with Crippen LogP contribution in [-0.4, -0.2) is 20.0 Å². The Morgan fingerprint density at radius 1 is 0.955 bits per heavy atom. The molecular formula is C16H10Cl2N4. The largest absolute Gasteiger partial charge is 0.229 e. The zero-order chi connectivity index (χ0) is 15.3. The number of aromatic nitrogens is 4. The highest BCUT2D eigenvalue weighted by Gasteiger charge is 2.12. The number of hydrogen-bond acceptors (Lipinski definition) is 3. The van der Waals surface area contributed by atoms with Gasteiger partial charge in [-0.1, -0.05) is 46.6 Å². The van der Waals surface area contributed by atoms with Crippen LogP contribution in [0.3, 0.4) is 0 Å². The highest BCUT2D eigenvalue weighted by Crippen LogP contribution is 2.28. The van der Waals surface area contributed by atoms with E-state index in [0.29, 0.717) is 21.4 Å². The molecule has 4 rings (SSSR count). The summed E-state index contributed by atoms with van der Waals surface area (Å²) in [5.41, 5.74) is 3.50. The molecule has 2 aromatic heterocycles. The fourth-order valence-corrected chi connectivity index (χ4v) is 2.84. The van der Waals surface area contributed by atoms with Crippen LogP contribution in [-0.2, 0) is 0 Å². The highest BCUT2D eigenvalue weighted by molar-refractivity contribution is 6.42. The van der Waals surface area contributed by atoms with E-state index in [2.05, 4.69) is 28.3 Å². The maximum Gasteiger partial charge on any atom is 0.156 e. The second-order valence-electron chi connectivity index (χ2n) is 5.07. The molecule has 0 spiro atoms. The van der Waals surface area contributed by atoms with Crippen molar-refractivity contribution in [3.05, 3.63) is 58.1 Å². The lowest BCUT2D eigenvalue weighted by Gasteiger charge is -2.07. The van der Waals surface area contributed by atoms with Gasteiger partial charge in [0.1, 0.15) is 5.52 Å². The van der Waals surface area contributed by atoms with Crippen molar-refractivity contribution >= 4 is 45.1 Å². The van der Waals surface area contributed by atoms with Crippen LogP contribution in [0.2, 0.25) is 10.0 Å². The molecule has 0 atom stereocenters. The smallest absolute Gasteiger partial charge is 0.156 e. The number of benzene rings is 2. The predicted octanol–water partition coefficient (Wildman–Crippen LogP) is 4.58. The number of halogens is 2. The van der Waals surface area contributed by atoms with Gasteiger partial charge in [0.15, 0.2) is 5.82 Å². The van der Waals surface area contributed by atoms with Gasteiger partial charge in [-0.3, -0.25) is 0 Å². The lowest BCUT2D eigenvalue weighted by atomic mass is 10.1. The molecule has 2 heterocycles. The van der Waals surface area contributed by atoms with Crippen LogP contribution in [0.15, 0.2) is 42.5 Å². The van der Waals surface area contributed by atoms with Crippen molar-refractivity contribution in [3.63, 3.8) is 0 Å². The molecule has 0 saturated carbocycles. The Labute approximate surface area is 136 Å². The summed E-state index contributed by atoms with van der Waals surface area (Å²) in [6.45, 7) is 2.05. The second-order valence-corrected chi connectivity index (χ2v) is 5.89. The molecule has 0 saturated heterocycles. The monoisotopic (exact) mass is 328 g/mol. The second kappa shape index (κ2) is 4.93. The van der Waals surface area contributed by atoms with Gasteiger partial charge in [0, 0.05) is 5.39 Å². The van der Waals surface area contributed by atoms with Crippen molar-refractivity contribution in [1.82, 2.24) is 20.0 Å². The van der Waals surface area contributed by atoms with Gasteiger partial charge in [0.25, 0.3) is 0 Å². The Hall–Kier alpha value is -2.17. The quantitative estimate of drug-likeness (QED) is 0.513. The van der Waals surface area contributed by atoms with Gasteiger partial charge in [-0.2, -0.15) is 4.68 Å². The van der Waals surface area contributed by atoms with E-state index in [1.807, 2.05) is 24.3 Å². The van der Waals surface area contributed by atoms with Crippen LogP contribution in [0.25, 0.3) is 27.8 Å². The molecule has 0 radical (unpaired) electrons. The number of pyridine rings is 1. The van der Waals surface area contributed by atoms with Gasteiger partial charge in [0.2, 0.25) is 0 Å². The van der Waals surface area contributed by atoms with Crippen molar-refractivity contribution in [2.24, 2.45) is 0 Å². The summed E-state index contributed by atoms with van der Waals surface area (Å²) in [6, 6.07) is 13.4. The van der Waals surface area contributed by atoms with Gasteiger partial charge in [-0.15, -0.1) is 5.10 Å². The minimum Gasteiger partial charge on any atom is -0.229 e. The summed E-state index contributed by atoms with van der Waals surface area (Å²) < 4.78 is 1.68. The molecule has 0 bridgehead atoms. The first-order valence-electron chi connectivity index (χ1n) is 6.71. The molecule has 4 aromatic rings. The van der Waals surface area contributed by atoms with E-state index >= 15 is 0 Å². The lowest BCUT2D eigenvalue weighted by molar-refractivity contribution is 0.804. The fourth-order valence-electron chi connectivity index (χ4n) is 2.53. The van der Waals surface area contributed by atoms with Gasteiger partial charge in [-0.25, -0.2) is 4.98 Å². The topological polar surface area (TPSA) is 43.6 Å². The van der Waals surface area contributed by atoms with Gasteiger partial charge >= 0.3 is 0 Å². The zero-order valence-electron chi connectivity index (χ0n) is 11.6. The molecule has 108 valence electrons. The Balaban J connectivity index is 2.01. The predicted molar refractivity (Wildman–Crippen MR) is 88.9 cm³/mol. The molecule has 0 aliphatic carbocycles. The van der Waals surface area contributed by atoms with E-state index in [0.717, 1.165) is 22.0 Å². The van der Waals surface area contributed by atoms with Crippen LogP contribution < -0.4 is 0 Å². The Bertz CT molecular complexity index is 1020. The van der Waals surface area contributed by atoms with Crippen molar-refractivity contribution in [2.45, 2.75) is 6.92 Å². The van der Waals surface area contributed by atoms with E-state index in [1.165, 1.54) is 0 Å². The molecule has 0 aliphatic rings. The standard InChI is InChI=1S/C16H10Cl2N4/c1-9-6-16(19-13-5-3-2-4-10(9)13)22-15-8-12(18)11(17)7-14(15)20-21-22/h2-8H,1H3. The van der Waals surface area contributed by atoms with E-state index in [9.17, 15) is 0 Å². The van der Waals surface area contributed by atoms with Gasteiger partial charge < -0.3 is 0 Å². The SMILES string of the molecule is Cc1cc(-n2nnc3cc(Cl)c(Cl)cc32)nc2ccccc12. The van der Waals surface area contributed by atoms with E-state index in [-0.39, 0.29) is 0 Å². The average Bonchev–Trinajstić information content (AvgIpc) is 2.90. The van der Waals surface area contributed by atoms with Crippen LogP contribution in [0.4, 0.5) is 0 Å². The minimum absolute atomic E-state index is 0.462. The van der Waals surface area contributed by atoms with Gasteiger partial charge in [0.05, 0.1) is 21.1 Å². The van der Waals surface area contributed by atoms with E-state index < -0.39 is 0 Å². The molecule has 22 heavy (non-hydrogen) atoms. The summed E-state index contributed by atoms with van der Waals surface area (Å²) >= 11 is 12.1. The summed E-state index contributed by atoms with van der Waals surface area (Å²) in [5, 5.41) is 10.4. The third-order valence-electron chi connectivity index (χ3n) is 3.61. The molecule has 0 unspecified atom stereocenters. The van der Waals surface area contributed by atoms with E-state index in [1.54, 1.807) is 16.8 Å². The maximum absolute atomic E-state index is 6.11. The molecule has 0 N–H and O–H groups in total. The number of fused-ring (bicyclic) bond motifs is 2. The summed E-state index contributed by atoms with van der Waals surface area (Å²) in [5.74, 6) is 0.706. The third-order valence-corrected chi connectivity index (χ3v) is 4.34. The molecule has 0 amide bonds. The molecular weight excluding hydrogens is 319 g/mol. The molecule has 0 aliphatic heterocycles. The average molecular weight is 329 g/mol. The van der Waals surface area contributed by atoms with Crippen molar-refractivity contribution < 1.29 is 0 Å². The Morgan fingerprint density at radius 3 is 2.59 bits per heavy atom. The highest BCUT2D eigenvalue weighted by atomic mass is 35.5. The van der Waals surface area contributed by atoms with Crippen LogP contribution in [0, 0.1) is 6.92 Å². The number of rotatable bonds is 1. The fraction of sp³-hybridized carbons (Fsp3) is 0.0625. The number of aryl methyl sites for hydroxylation is 1. The summed E-state index contributed by atoms with van der Waals surface area (Å²) in [7, 11) is 0. The number of hydrogen-bond donors (Lipinski definition) is 0. The first kappa shape index (κ1) is 13.5. The molecule has 4 nitrogen and oxygen atoms in total.